The van der Waals surface area contributed by atoms with Crippen molar-refractivity contribution < 1.29 is 14.3 Å². The average Bonchev–Trinajstić information content (AvgIpc) is 3.03. The van der Waals surface area contributed by atoms with E-state index in [1.165, 1.54) is 23.1 Å². The number of carbonyl (C=O) groups is 2. The van der Waals surface area contributed by atoms with Crippen LogP contribution in [0.25, 0.3) is 0 Å². The normalized spacial score (nSPS) is 10.2. The molecule has 0 aliphatic carbocycles. The van der Waals surface area contributed by atoms with Gasteiger partial charge in [-0.1, -0.05) is 29.2 Å². The molecule has 0 unspecified atom stereocenters. The van der Waals surface area contributed by atoms with Crippen molar-refractivity contribution >= 4 is 46.5 Å². The van der Waals surface area contributed by atoms with Gasteiger partial charge >= 0.3 is 6.09 Å². The van der Waals surface area contributed by atoms with Crippen molar-refractivity contribution in [3.8, 4) is 0 Å². The average molecular weight is 352 g/mol. The first-order chi connectivity index (χ1) is 11.1. The smallest absolute Gasteiger partial charge is 0.411 e. The molecule has 0 atom stereocenters. The molecule has 0 radical (unpaired) electrons. The van der Waals surface area contributed by atoms with Crippen LogP contribution in [0.4, 0.5) is 16.2 Å². The molecule has 23 heavy (non-hydrogen) atoms. The molecule has 122 valence electrons. The Hall–Kier alpha value is -2.13. The second-order valence-electron chi connectivity index (χ2n) is 4.37. The van der Waals surface area contributed by atoms with E-state index in [1.54, 1.807) is 30.6 Å². The predicted molar refractivity (Wildman–Crippen MR) is 91.1 cm³/mol. The van der Waals surface area contributed by atoms with E-state index in [9.17, 15) is 9.59 Å². The summed E-state index contributed by atoms with van der Waals surface area (Å²) in [5.74, 6) is 0.0889. The van der Waals surface area contributed by atoms with E-state index >= 15 is 0 Å². The Bertz CT molecular complexity index is 677. The number of carbonyl (C=O) groups excluding carboxylic acids is 2. The largest absolute Gasteiger partial charge is 0.450 e. The molecule has 0 spiro atoms. The standard InChI is InChI=1S/C14H16N4O3S2/c1-3-21-13(20)17-11-6-4-5-10(9(11)2)16-12(19)7-22-14-18-15-8-23-14/h4-6,8H,3,7H2,1-2H3,(H,16,19)(H,17,20). The zero-order chi connectivity index (χ0) is 16.7. The Morgan fingerprint density at radius 2 is 2.04 bits per heavy atom. The molecule has 0 bridgehead atoms. The molecular weight excluding hydrogens is 336 g/mol. The monoisotopic (exact) mass is 352 g/mol. The molecule has 0 aliphatic rings. The van der Waals surface area contributed by atoms with Gasteiger partial charge in [-0.25, -0.2) is 4.79 Å². The number of benzene rings is 1. The molecule has 1 heterocycles. The lowest BCUT2D eigenvalue weighted by molar-refractivity contribution is -0.113. The van der Waals surface area contributed by atoms with Gasteiger partial charge in [0, 0.05) is 11.4 Å². The number of thioether (sulfide) groups is 1. The van der Waals surface area contributed by atoms with Crippen molar-refractivity contribution in [3.63, 3.8) is 0 Å². The summed E-state index contributed by atoms with van der Waals surface area (Å²) in [6.07, 6.45) is -0.522. The van der Waals surface area contributed by atoms with Gasteiger partial charge < -0.3 is 10.1 Å². The molecule has 0 fully saturated rings. The second kappa shape index (κ2) is 8.49. The highest BCUT2D eigenvalue weighted by atomic mass is 32.2. The zero-order valence-electron chi connectivity index (χ0n) is 12.7. The van der Waals surface area contributed by atoms with E-state index in [4.69, 9.17) is 4.74 Å². The summed E-state index contributed by atoms with van der Waals surface area (Å²) in [6.45, 7) is 3.85. The summed E-state index contributed by atoms with van der Waals surface area (Å²) in [6, 6.07) is 5.28. The van der Waals surface area contributed by atoms with E-state index < -0.39 is 6.09 Å². The van der Waals surface area contributed by atoms with Crippen molar-refractivity contribution in [3.05, 3.63) is 29.3 Å². The van der Waals surface area contributed by atoms with Crippen molar-refractivity contribution in [1.29, 1.82) is 0 Å². The predicted octanol–water partition coefficient (Wildman–Crippen LogP) is 3.15. The molecule has 0 aliphatic heterocycles. The van der Waals surface area contributed by atoms with E-state index in [2.05, 4.69) is 20.8 Å². The molecule has 2 amide bonds. The second-order valence-corrected chi connectivity index (χ2v) is 6.42. The number of hydrogen-bond acceptors (Lipinski definition) is 7. The van der Waals surface area contributed by atoms with Crippen LogP contribution in [0.15, 0.2) is 28.0 Å². The Balaban J connectivity index is 1.96. The van der Waals surface area contributed by atoms with E-state index in [0.717, 1.165) is 9.90 Å². The highest BCUT2D eigenvalue weighted by Gasteiger charge is 2.11. The Morgan fingerprint density at radius 3 is 2.70 bits per heavy atom. The Morgan fingerprint density at radius 1 is 1.30 bits per heavy atom. The van der Waals surface area contributed by atoms with Gasteiger partial charge in [0.15, 0.2) is 4.34 Å². The number of ether oxygens (including phenoxy) is 1. The van der Waals surface area contributed by atoms with Gasteiger partial charge in [0.2, 0.25) is 5.91 Å². The van der Waals surface area contributed by atoms with Gasteiger partial charge in [0.1, 0.15) is 5.51 Å². The molecule has 9 heteroatoms. The maximum Gasteiger partial charge on any atom is 0.411 e. The van der Waals surface area contributed by atoms with Crippen LogP contribution in [0.2, 0.25) is 0 Å². The van der Waals surface area contributed by atoms with Gasteiger partial charge in [-0.15, -0.1) is 10.2 Å². The molecule has 7 nitrogen and oxygen atoms in total. The fraction of sp³-hybridized carbons (Fsp3) is 0.286. The third kappa shape index (κ3) is 5.22. The summed E-state index contributed by atoms with van der Waals surface area (Å²) < 4.78 is 5.59. The van der Waals surface area contributed by atoms with E-state index in [1.807, 2.05) is 6.92 Å². The van der Waals surface area contributed by atoms with Crippen molar-refractivity contribution in [2.45, 2.75) is 18.2 Å². The summed E-state index contributed by atoms with van der Waals surface area (Å²) in [4.78, 5) is 23.5. The molecule has 2 rings (SSSR count). The number of nitrogens with one attached hydrogen (secondary N) is 2. The lowest BCUT2D eigenvalue weighted by Gasteiger charge is -2.13. The first-order valence-corrected chi connectivity index (χ1v) is 8.69. The third-order valence-electron chi connectivity index (χ3n) is 2.79. The van der Waals surface area contributed by atoms with Crippen molar-refractivity contribution in [2.24, 2.45) is 0 Å². The van der Waals surface area contributed by atoms with E-state index in [0.29, 0.717) is 18.0 Å². The number of anilines is 2. The topological polar surface area (TPSA) is 93.2 Å². The van der Waals surface area contributed by atoms with Crippen LogP contribution in [-0.4, -0.2) is 34.6 Å². The molecule has 2 N–H and O–H groups in total. The number of amides is 2. The van der Waals surface area contributed by atoms with Crippen LogP contribution in [0.1, 0.15) is 12.5 Å². The van der Waals surface area contributed by atoms with E-state index in [-0.39, 0.29) is 11.7 Å². The zero-order valence-corrected chi connectivity index (χ0v) is 14.3. The fourth-order valence-electron chi connectivity index (χ4n) is 1.72. The van der Waals surface area contributed by atoms with Crippen LogP contribution in [0.5, 0.6) is 0 Å². The minimum absolute atomic E-state index is 0.151. The first-order valence-electron chi connectivity index (χ1n) is 6.82. The molecule has 2 aromatic rings. The lowest BCUT2D eigenvalue weighted by atomic mass is 10.1. The molecule has 1 aromatic heterocycles. The van der Waals surface area contributed by atoms with Gasteiger partial charge in [-0.2, -0.15) is 0 Å². The minimum atomic E-state index is -0.522. The van der Waals surface area contributed by atoms with Gasteiger partial charge in [0.25, 0.3) is 0 Å². The number of rotatable bonds is 6. The quantitative estimate of drug-likeness (QED) is 0.776. The highest BCUT2D eigenvalue weighted by Crippen LogP contribution is 2.24. The third-order valence-corrected chi connectivity index (χ3v) is 4.65. The lowest BCUT2D eigenvalue weighted by Crippen LogP contribution is -2.17. The van der Waals surface area contributed by atoms with Crippen LogP contribution < -0.4 is 10.6 Å². The summed E-state index contributed by atoms with van der Waals surface area (Å²) in [7, 11) is 0. The first kappa shape index (κ1) is 17.2. The number of aromatic nitrogens is 2. The maximum absolute atomic E-state index is 12.0. The Kier molecular flexibility index (Phi) is 6.36. The van der Waals surface area contributed by atoms with Crippen LogP contribution in [0.3, 0.4) is 0 Å². The molecule has 0 saturated carbocycles. The molecule has 1 aromatic carbocycles. The van der Waals surface area contributed by atoms with Crippen LogP contribution in [-0.2, 0) is 9.53 Å². The van der Waals surface area contributed by atoms with Gasteiger partial charge in [-0.3, -0.25) is 10.1 Å². The molecule has 0 saturated heterocycles. The van der Waals surface area contributed by atoms with Crippen LogP contribution in [0, 0.1) is 6.92 Å². The molecular formula is C14H16N4O3S2. The van der Waals surface area contributed by atoms with Crippen molar-refractivity contribution in [1.82, 2.24) is 10.2 Å². The minimum Gasteiger partial charge on any atom is -0.450 e. The summed E-state index contributed by atoms with van der Waals surface area (Å²) in [5, 5.41) is 13.1. The summed E-state index contributed by atoms with van der Waals surface area (Å²) >= 11 is 2.71. The summed E-state index contributed by atoms with van der Waals surface area (Å²) in [5.41, 5.74) is 3.62. The van der Waals surface area contributed by atoms with Gasteiger partial charge in [-0.05, 0) is 31.5 Å². The highest BCUT2D eigenvalue weighted by molar-refractivity contribution is 8.01. The number of nitrogens with zero attached hydrogens (tertiary/aromatic N) is 2. The SMILES string of the molecule is CCOC(=O)Nc1cccc(NC(=O)CSc2nncs2)c1C. The van der Waals surface area contributed by atoms with Gasteiger partial charge in [0.05, 0.1) is 12.4 Å². The van der Waals surface area contributed by atoms with Crippen LogP contribution >= 0.6 is 23.1 Å². The number of hydrogen-bond donors (Lipinski definition) is 2. The Labute approximate surface area is 141 Å². The fourth-order valence-corrected chi connectivity index (χ4v) is 3.01. The van der Waals surface area contributed by atoms with Crippen molar-refractivity contribution in [2.75, 3.05) is 23.0 Å². The maximum atomic E-state index is 12.0.